The first-order valence-electron chi connectivity index (χ1n) is 5.92. The minimum atomic E-state index is -4.73. The van der Waals surface area contributed by atoms with Crippen molar-refractivity contribution in [2.24, 2.45) is 0 Å². The normalized spacial score (nSPS) is 26.6. The third-order valence-electron chi connectivity index (χ3n) is 3.42. The first-order chi connectivity index (χ1) is 8.94. The zero-order chi connectivity index (χ0) is 15.3. The highest BCUT2D eigenvalue weighted by Gasteiger charge is 2.48. The van der Waals surface area contributed by atoms with E-state index in [1.165, 1.54) is 18.2 Å². The lowest BCUT2D eigenvalue weighted by Gasteiger charge is -2.43. The van der Waals surface area contributed by atoms with Crippen LogP contribution in [0.5, 0.6) is 5.75 Å². The number of fused-ring (bicyclic) bond motifs is 1. The van der Waals surface area contributed by atoms with Gasteiger partial charge in [0.2, 0.25) is 0 Å². The molecule has 2 unspecified atom stereocenters. The summed E-state index contributed by atoms with van der Waals surface area (Å²) in [7, 11) is 0. The van der Waals surface area contributed by atoms with E-state index in [-0.39, 0.29) is 12.0 Å². The maximum absolute atomic E-state index is 12.5. The summed E-state index contributed by atoms with van der Waals surface area (Å²) >= 11 is 3.13. The van der Waals surface area contributed by atoms with E-state index < -0.39 is 22.4 Å². The summed E-state index contributed by atoms with van der Waals surface area (Å²) in [6, 6.07) is 3.75. The molecule has 3 nitrogen and oxygen atoms in total. The predicted octanol–water partition coefficient (Wildman–Crippen LogP) is 3.08. The first kappa shape index (κ1) is 15.6. The number of halogens is 4. The fraction of sp³-hybridized carbons (Fsp3) is 0.538. The van der Waals surface area contributed by atoms with Crippen LogP contribution in [0.1, 0.15) is 31.1 Å². The summed E-state index contributed by atoms with van der Waals surface area (Å²) in [5.41, 5.74) is -0.795. The quantitative estimate of drug-likeness (QED) is 0.762. The largest absolute Gasteiger partial charge is 0.484 e. The molecule has 2 rings (SSSR count). The second-order valence-corrected chi connectivity index (χ2v) is 6.67. The molecular formula is C13H14BrF3O3. The molecule has 1 aromatic rings. The molecule has 0 spiro atoms. The zero-order valence-corrected chi connectivity index (χ0v) is 12.4. The maximum Gasteiger partial charge on any atom is 0.418 e. The number of benzene rings is 1. The Hall–Kier alpha value is -0.790. The molecule has 0 radical (unpaired) electrons. The molecule has 7 heteroatoms. The highest BCUT2D eigenvalue weighted by Crippen LogP contribution is 2.44. The molecule has 0 amide bonds. The molecule has 1 heterocycles. The molecule has 0 saturated carbocycles. The number of aliphatic hydroxyl groups excluding tert-OH is 1. The Labute approximate surface area is 122 Å². The van der Waals surface area contributed by atoms with Crippen molar-refractivity contribution in [3.8, 4) is 5.75 Å². The third kappa shape index (κ3) is 2.66. The van der Waals surface area contributed by atoms with Gasteiger partial charge in [0.05, 0.1) is 0 Å². The van der Waals surface area contributed by atoms with Crippen LogP contribution in [0.2, 0.25) is 0 Å². The number of hydrogen-bond donors (Lipinski definition) is 2. The molecule has 0 bridgehead atoms. The van der Waals surface area contributed by atoms with Crippen molar-refractivity contribution in [3.05, 3.63) is 29.3 Å². The van der Waals surface area contributed by atoms with Crippen LogP contribution in [-0.2, 0) is 6.42 Å². The minimum absolute atomic E-state index is 0.0771. The topological polar surface area (TPSA) is 49.7 Å². The minimum Gasteiger partial charge on any atom is -0.484 e. The molecule has 0 fully saturated rings. The van der Waals surface area contributed by atoms with Crippen molar-refractivity contribution in [3.63, 3.8) is 0 Å². The molecule has 2 N–H and O–H groups in total. The molecule has 0 saturated heterocycles. The average molecular weight is 355 g/mol. The van der Waals surface area contributed by atoms with E-state index in [9.17, 15) is 23.4 Å². The summed E-state index contributed by atoms with van der Waals surface area (Å²) in [5, 5.41) is 19.5. The highest BCUT2D eigenvalue weighted by molar-refractivity contribution is 9.10. The van der Waals surface area contributed by atoms with E-state index in [4.69, 9.17) is 4.74 Å². The Morgan fingerprint density at radius 2 is 1.95 bits per heavy atom. The van der Waals surface area contributed by atoms with Crippen molar-refractivity contribution < 1.29 is 28.1 Å². The van der Waals surface area contributed by atoms with Gasteiger partial charge in [0, 0.05) is 6.42 Å². The van der Waals surface area contributed by atoms with Gasteiger partial charge in [-0.15, -0.1) is 0 Å². The van der Waals surface area contributed by atoms with Gasteiger partial charge in [-0.05, 0) is 53.0 Å². The summed E-state index contributed by atoms with van der Waals surface area (Å²) in [5.74, 6) is 0.400. The lowest BCUT2D eigenvalue weighted by molar-refractivity contribution is -0.206. The Bertz CT molecular complexity index is 526. The van der Waals surface area contributed by atoms with Crippen molar-refractivity contribution in [1.82, 2.24) is 0 Å². The fourth-order valence-electron chi connectivity index (χ4n) is 2.01. The van der Waals surface area contributed by atoms with E-state index in [2.05, 4.69) is 15.9 Å². The number of hydrogen-bond acceptors (Lipinski definition) is 3. The second kappa shape index (κ2) is 4.61. The van der Waals surface area contributed by atoms with Crippen molar-refractivity contribution in [2.75, 3.05) is 0 Å². The molecule has 1 aliphatic rings. The standard InChI is InChI=1S/C13H14BrF3O3/c1-11(2)12(14,19)6-8-5-7(3-4-9(8)20-11)10(18)13(15,16)17/h3-5,10,18-19H,6H2,1-2H3. The van der Waals surface area contributed by atoms with Crippen LogP contribution >= 0.6 is 15.9 Å². The molecule has 20 heavy (non-hydrogen) atoms. The van der Waals surface area contributed by atoms with E-state index in [1.54, 1.807) is 13.8 Å². The Morgan fingerprint density at radius 1 is 1.35 bits per heavy atom. The van der Waals surface area contributed by atoms with Gasteiger partial charge >= 0.3 is 6.18 Å². The van der Waals surface area contributed by atoms with Gasteiger partial charge in [-0.3, -0.25) is 0 Å². The van der Waals surface area contributed by atoms with Crippen molar-refractivity contribution >= 4 is 15.9 Å². The number of rotatable bonds is 1. The lowest BCUT2D eigenvalue weighted by Crippen LogP contribution is -2.53. The third-order valence-corrected chi connectivity index (χ3v) is 4.66. The molecule has 0 aliphatic carbocycles. The van der Waals surface area contributed by atoms with Crippen LogP contribution in [0, 0.1) is 0 Å². The molecule has 1 aliphatic heterocycles. The van der Waals surface area contributed by atoms with Gasteiger partial charge < -0.3 is 14.9 Å². The first-order valence-corrected chi connectivity index (χ1v) is 6.71. The maximum atomic E-state index is 12.5. The number of aliphatic hydroxyl groups is 2. The molecule has 112 valence electrons. The van der Waals surface area contributed by atoms with Crippen molar-refractivity contribution in [2.45, 2.75) is 42.7 Å². The monoisotopic (exact) mass is 354 g/mol. The smallest absolute Gasteiger partial charge is 0.418 e. The van der Waals surface area contributed by atoms with Gasteiger partial charge in [0.15, 0.2) is 10.6 Å². The molecule has 2 atom stereocenters. The van der Waals surface area contributed by atoms with Gasteiger partial charge in [-0.2, -0.15) is 13.2 Å². The van der Waals surface area contributed by atoms with Gasteiger partial charge in [-0.25, -0.2) is 0 Å². The second-order valence-electron chi connectivity index (χ2n) is 5.36. The summed E-state index contributed by atoms with van der Waals surface area (Å²) < 4.78 is 41.7. The molecule has 0 aromatic heterocycles. The number of ether oxygens (including phenoxy) is 1. The summed E-state index contributed by atoms with van der Waals surface area (Å²) in [6.07, 6.45) is -7.20. The van der Waals surface area contributed by atoms with E-state index in [0.717, 1.165) is 0 Å². The fourth-order valence-corrected chi connectivity index (χ4v) is 2.40. The van der Waals surface area contributed by atoms with E-state index in [1.807, 2.05) is 0 Å². The average Bonchev–Trinajstić information content (AvgIpc) is 2.27. The van der Waals surface area contributed by atoms with Crippen LogP contribution in [0.25, 0.3) is 0 Å². The van der Waals surface area contributed by atoms with Gasteiger partial charge in [0.1, 0.15) is 11.4 Å². The zero-order valence-electron chi connectivity index (χ0n) is 10.8. The van der Waals surface area contributed by atoms with Gasteiger partial charge in [-0.1, -0.05) is 6.07 Å². The Kier molecular flexibility index (Phi) is 3.59. The van der Waals surface area contributed by atoms with E-state index >= 15 is 0 Å². The summed E-state index contributed by atoms with van der Waals surface area (Å²) in [6.45, 7) is 3.34. The van der Waals surface area contributed by atoms with Crippen LogP contribution in [0.4, 0.5) is 13.2 Å². The van der Waals surface area contributed by atoms with Crippen LogP contribution in [0.15, 0.2) is 18.2 Å². The van der Waals surface area contributed by atoms with Crippen LogP contribution in [0.3, 0.4) is 0 Å². The predicted molar refractivity (Wildman–Crippen MR) is 69.7 cm³/mol. The lowest BCUT2D eigenvalue weighted by atomic mass is 9.89. The van der Waals surface area contributed by atoms with Crippen LogP contribution in [-0.4, -0.2) is 26.5 Å². The molecule has 1 aromatic carbocycles. The Balaban J connectivity index is 2.40. The van der Waals surface area contributed by atoms with Crippen LogP contribution < -0.4 is 4.74 Å². The molecular weight excluding hydrogens is 341 g/mol. The van der Waals surface area contributed by atoms with Gasteiger partial charge in [0.25, 0.3) is 0 Å². The Morgan fingerprint density at radius 3 is 2.50 bits per heavy atom. The van der Waals surface area contributed by atoms with Crippen molar-refractivity contribution in [1.29, 1.82) is 0 Å². The highest BCUT2D eigenvalue weighted by atomic mass is 79.9. The number of alkyl halides is 4. The SMILES string of the molecule is CC1(C)Oc2ccc(C(O)C(F)(F)F)cc2CC1(O)Br. The summed E-state index contributed by atoms with van der Waals surface area (Å²) in [4.78, 5) is 0. The van der Waals surface area contributed by atoms with E-state index in [0.29, 0.717) is 11.3 Å².